The van der Waals surface area contributed by atoms with Gasteiger partial charge in [-0.05, 0) is 67.7 Å². The zero-order valence-electron chi connectivity index (χ0n) is 18.8. The highest BCUT2D eigenvalue weighted by atomic mass is 32.1. The second kappa shape index (κ2) is 13.0. The molecule has 0 fully saturated rings. The van der Waals surface area contributed by atoms with Crippen molar-refractivity contribution in [2.45, 2.75) is 45.4 Å². The first-order valence-corrected chi connectivity index (χ1v) is 11.3. The summed E-state index contributed by atoms with van der Waals surface area (Å²) in [7, 11) is 4.88. The zero-order chi connectivity index (χ0) is 21.8. The van der Waals surface area contributed by atoms with Crippen molar-refractivity contribution in [3.63, 3.8) is 0 Å². The van der Waals surface area contributed by atoms with Gasteiger partial charge in [-0.3, -0.25) is 0 Å². The third kappa shape index (κ3) is 7.42. The lowest BCUT2D eigenvalue weighted by Gasteiger charge is -2.12. The topological polar surface area (TPSA) is 27.7 Å². The predicted octanol–water partition coefficient (Wildman–Crippen LogP) is 7.65. The van der Waals surface area contributed by atoms with Gasteiger partial charge in [-0.1, -0.05) is 48.9 Å². The van der Waals surface area contributed by atoms with Crippen molar-refractivity contribution in [3.8, 4) is 17.2 Å². The van der Waals surface area contributed by atoms with Crippen LogP contribution in [0.2, 0.25) is 0 Å². The molecule has 4 heteroatoms. The molecule has 1 heterocycles. The first kappa shape index (κ1) is 23.8. The summed E-state index contributed by atoms with van der Waals surface area (Å²) in [5.74, 6) is 2.60. The summed E-state index contributed by atoms with van der Waals surface area (Å²) in [5, 5.41) is 2.16. The largest absolute Gasteiger partial charge is 0.493 e. The van der Waals surface area contributed by atoms with Crippen molar-refractivity contribution >= 4 is 17.4 Å². The fourth-order valence-electron chi connectivity index (χ4n) is 3.18. The molecule has 0 aliphatic heterocycles. The highest BCUT2D eigenvalue weighted by Crippen LogP contribution is 2.38. The number of rotatable bonds is 12. The fraction of sp³-hybridized carbons (Fsp3) is 0.385. The summed E-state index contributed by atoms with van der Waals surface area (Å²) in [6, 6.07) is 8.28. The quantitative estimate of drug-likeness (QED) is 0.258. The molecule has 3 nitrogen and oxygen atoms in total. The average Bonchev–Trinajstić information content (AvgIpc) is 3.31. The molecule has 0 saturated carbocycles. The van der Waals surface area contributed by atoms with Gasteiger partial charge in [0.25, 0.3) is 0 Å². The van der Waals surface area contributed by atoms with Gasteiger partial charge in [0.1, 0.15) is 0 Å². The Morgan fingerprint density at radius 2 is 1.73 bits per heavy atom. The van der Waals surface area contributed by atoms with Crippen LogP contribution in [0.25, 0.3) is 6.08 Å². The molecule has 0 bridgehead atoms. The molecule has 2 aromatic rings. The van der Waals surface area contributed by atoms with Gasteiger partial charge < -0.3 is 14.2 Å². The molecule has 0 amide bonds. The van der Waals surface area contributed by atoms with Gasteiger partial charge in [-0.15, -0.1) is 11.3 Å². The van der Waals surface area contributed by atoms with Gasteiger partial charge in [-0.2, -0.15) is 0 Å². The van der Waals surface area contributed by atoms with Crippen LogP contribution in [-0.2, 0) is 0 Å². The molecule has 1 aromatic carbocycles. The minimum atomic E-state index is 0.618. The average molecular weight is 427 g/mol. The number of hydrogen-bond donors (Lipinski definition) is 0. The summed E-state index contributed by atoms with van der Waals surface area (Å²) < 4.78 is 16.2. The molecule has 30 heavy (non-hydrogen) atoms. The second-order valence-electron chi connectivity index (χ2n) is 7.33. The van der Waals surface area contributed by atoms with Gasteiger partial charge in [0.2, 0.25) is 5.75 Å². The number of thiophene rings is 1. The van der Waals surface area contributed by atoms with Crippen LogP contribution in [-0.4, -0.2) is 21.3 Å². The number of ether oxygens (including phenoxy) is 3. The second-order valence-corrected chi connectivity index (χ2v) is 8.31. The monoisotopic (exact) mass is 426 g/mol. The fourth-order valence-corrected chi connectivity index (χ4v) is 4.00. The van der Waals surface area contributed by atoms with Crippen molar-refractivity contribution in [1.82, 2.24) is 0 Å². The van der Waals surface area contributed by atoms with Crippen LogP contribution in [0.4, 0.5) is 0 Å². The molecule has 2 rings (SSSR count). The summed E-state index contributed by atoms with van der Waals surface area (Å²) in [4.78, 5) is 1.48. The van der Waals surface area contributed by atoms with E-state index in [1.807, 2.05) is 23.5 Å². The lowest BCUT2D eigenvalue weighted by molar-refractivity contribution is 0.324. The van der Waals surface area contributed by atoms with Crippen LogP contribution in [0, 0.1) is 0 Å². The van der Waals surface area contributed by atoms with Crippen LogP contribution in [0.1, 0.15) is 55.9 Å². The molecule has 162 valence electrons. The Kier molecular flexibility index (Phi) is 10.3. The molecule has 0 spiro atoms. The molecule has 0 N–H and O–H groups in total. The normalized spacial score (nSPS) is 13.2. The lowest BCUT2D eigenvalue weighted by atomic mass is 10.0. The Hall–Kier alpha value is -2.46. The molecule has 1 unspecified atom stereocenters. The van der Waals surface area contributed by atoms with Gasteiger partial charge in [0, 0.05) is 4.88 Å². The van der Waals surface area contributed by atoms with Crippen molar-refractivity contribution in [2.75, 3.05) is 21.3 Å². The molecule has 0 saturated heterocycles. The van der Waals surface area contributed by atoms with Crippen molar-refractivity contribution in [1.29, 1.82) is 0 Å². The maximum atomic E-state index is 5.40. The molecule has 0 aliphatic rings. The number of unbranched alkanes of at least 4 members (excludes halogenated alkanes) is 1. The Morgan fingerprint density at radius 3 is 2.33 bits per heavy atom. The van der Waals surface area contributed by atoms with Crippen LogP contribution >= 0.6 is 11.3 Å². The first-order valence-electron chi connectivity index (χ1n) is 10.4. The number of hydrogen-bond acceptors (Lipinski definition) is 4. The zero-order valence-corrected chi connectivity index (χ0v) is 19.6. The minimum absolute atomic E-state index is 0.618. The van der Waals surface area contributed by atoms with E-state index in [9.17, 15) is 0 Å². The molecule has 0 aliphatic carbocycles. The summed E-state index contributed by atoms with van der Waals surface area (Å²) in [5.41, 5.74) is 2.46. The van der Waals surface area contributed by atoms with E-state index < -0.39 is 0 Å². The van der Waals surface area contributed by atoms with Gasteiger partial charge in [-0.25, -0.2) is 0 Å². The Labute approximate surface area is 185 Å². The Balaban J connectivity index is 1.78. The van der Waals surface area contributed by atoms with Gasteiger partial charge >= 0.3 is 0 Å². The Morgan fingerprint density at radius 1 is 1.03 bits per heavy atom. The van der Waals surface area contributed by atoms with E-state index in [4.69, 9.17) is 14.2 Å². The predicted molar refractivity (Wildman–Crippen MR) is 129 cm³/mol. The summed E-state index contributed by atoms with van der Waals surface area (Å²) in [6.07, 6.45) is 15.2. The van der Waals surface area contributed by atoms with Crippen LogP contribution in [0.3, 0.4) is 0 Å². The highest BCUT2D eigenvalue weighted by Gasteiger charge is 2.11. The van der Waals surface area contributed by atoms with Gasteiger partial charge in [0.15, 0.2) is 11.5 Å². The minimum Gasteiger partial charge on any atom is -0.493 e. The summed E-state index contributed by atoms with van der Waals surface area (Å²) >= 11 is 1.86. The van der Waals surface area contributed by atoms with Crippen molar-refractivity contribution in [3.05, 3.63) is 70.0 Å². The number of allylic oxidation sites excluding steroid dienone is 5. The maximum Gasteiger partial charge on any atom is 0.203 e. The van der Waals surface area contributed by atoms with Crippen LogP contribution in [0.5, 0.6) is 17.2 Å². The van der Waals surface area contributed by atoms with Crippen molar-refractivity contribution < 1.29 is 14.2 Å². The summed E-state index contributed by atoms with van der Waals surface area (Å²) in [6.45, 7) is 4.53. The maximum absolute atomic E-state index is 5.40. The van der Waals surface area contributed by atoms with E-state index in [1.54, 1.807) is 21.3 Å². The smallest absolute Gasteiger partial charge is 0.203 e. The molecule has 0 radical (unpaired) electrons. The van der Waals surface area contributed by atoms with Crippen LogP contribution < -0.4 is 14.2 Å². The Bertz CT molecular complexity index is 822. The van der Waals surface area contributed by atoms with E-state index in [1.165, 1.54) is 16.9 Å². The standard InChI is InChI=1S/C26H34O3S/c1-20(15-16-21(2)25-14-11-17-30-25)12-9-7-6-8-10-13-22-18-23(27-3)26(29-5)24(19-22)28-4/h7,9-14,17-19,21H,6,8,15-16H2,1-5H3/b9-7+,13-10-,20-12+. The van der Waals surface area contributed by atoms with E-state index in [2.05, 4.69) is 61.7 Å². The van der Waals surface area contributed by atoms with E-state index in [0.717, 1.165) is 24.8 Å². The highest BCUT2D eigenvalue weighted by molar-refractivity contribution is 7.10. The van der Waals surface area contributed by atoms with E-state index in [-0.39, 0.29) is 0 Å². The molecule has 1 atom stereocenters. The first-order chi connectivity index (χ1) is 14.6. The lowest BCUT2D eigenvalue weighted by Crippen LogP contribution is -1.95. The third-order valence-electron chi connectivity index (χ3n) is 5.01. The molecular formula is C26H34O3S. The molecule has 1 aromatic heterocycles. The molecular weight excluding hydrogens is 392 g/mol. The number of methoxy groups -OCH3 is 3. The van der Waals surface area contributed by atoms with Crippen molar-refractivity contribution in [2.24, 2.45) is 0 Å². The van der Waals surface area contributed by atoms with Gasteiger partial charge in [0.05, 0.1) is 21.3 Å². The van der Waals surface area contributed by atoms with Crippen LogP contribution in [0.15, 0.2) is 59.5 Å². The third-order valence-corrected chi connectivity index (χ3v) is 6.12. The van der Waals surface area contributed by atoms with E-state index >= 15 is 0 Å². The van der Waals surface area contributed by atoms with E-state index in [0.29, 0.717) is 23.2 Å². The number of benzene rings is 1. The SMILES string of the molecule is COc1cc(/C=C\CC/C=C/C=C(\C)CCC(C)c2cccs2)cc(OC)c1OC.